The van der Waals surface area contributed by atoms with Crippen molar-refractivity contribution >= 4 is 11.3 Å². The Bertz CT molecular complexity index is 257. The SMILES string of the molecule is CCc1csc(C(C)C(C)NC)n1. The highest BCUT2D eigenvalue weighted by Gasteiger charge is 2.15. The maximum absolute atomic E-state index is 4.58. The van der Waals surface area contributed by atoms with Gasteiger partial charge in [-0.3, -0.25) is 0 Å². The average molecular weight is 198 g/mol. The van der Waals surface area contributed by atoms with Crippen molar-refractivity contribution < 1.29 is 0 Å². The Balaban J connectivity index is 2.70. The molecule has 0 amide bonds. The summed E-state index contributed by atoms with van der Waals surface area (Å²) in [4.78, 5) is 4.58. The van der Waals surface area contributed by atoms with Gasteiger partial charge < -0.3 is 5.32 Å². The van der Waals surface area contributed by atoms with E-state index in [-0.39, 0.29) is 0 Å². The van der Waals surface area contributed by atoms with Crippen LogP contribution in [0.15, 0.2) is 5.38 Å². The van der Waals surface area contributed by atoms with Crippen molar-refractivity contribution in [3.8, 4) is 0 Å². The summed E-state index contributed by atoms with van der Waals surface area (Å²) >= 11 is 1.77. The third-order valence-corrected chi connectivity index (χ3v) is 3.62. The fourth-order valence-corrected chi connectivity index (χ4v) is 2.22. The molecule has 1 aromatic rings. The summed E-state index contributed by atoms with van der Waals surface area (Å²) in [5.74, 6) is 0.510. The van der Waals surface area contributed by atoms with Gasteiger partial charge in [-0.15, -0.1) is 11.3 Å². The second-order valence-corrected chi connectivity index (χ2v) is 4.29. The van der Waals surface area contributed by atoms with E-state index in [0.29, 0.717) is 12.0 Å². The van der Waals surface area contributed by atoms with Crippen molar-refractivity contribution in [3.63, 3.8) is 0 Å². The largest absolute Gasteiger partial charge is 0.317 e. The van der Waals surface area contributed by atoms with Gasteiger partial charge in [0.2, 0.25) is 0 Å². The van der Waals surface area contributed by atoms with Gasteiger partial charge >= 0.3 is 0 Å². The number of likely N-dealkylation sites (N-methyl/N-ethyl adjacent to an activating group) is 1. The van der Waals surface area contributed by atoms with E-state index < -0.39 is 0 Å². The molecule has 0 radical (unpaired) electrons. The molecule has 0 aliphatic heterocycles. The van der Waals surface area contributed by atoms with Gasteiger partial charge in [0.15, 0.2) is 0 Å². The lowest BCUT2D eigenvalue weighted by Crippen LogP contribution is -2.27. The quantitative estimate of drug-likeness (QED) is 0.803. The van der Waals surface area contributed by atoms with E-state index in [9.17, 15) is 0 Å². The van der Waals surface area contributed by atoms with E-state index >= 15 is 0 Å². The van der Waals surface area contributed by atoms with Crippen LogP contribution in [0.3, 0.4) is 0 Å². The van der Waals surface area contributed by atoms with Crippen molar-refractivity contribution in [1.29, 1.82) is 0 Å². The second-order valence-electron chi connectivity index (χ2n) is 3.40. The highest BCUT2D eigenvalue weighted by molar-refractivity contribution is 7.09. The van der Waals surface area contributed by atoms with Crippen LogP contribution >= 0.6 is 11.3 Å². The zero-order valence-corrected chi connectivity index (χ0v) is 9.61. The summed E-state index contributed by atoms with van der Waals surface area (Å²) in [6.07, 6.45) is 1.04. The third kappa shape index (κ3) is 2.51. The van der Waals surface area contributed by atoms with Crippen molar-refractivity contribution in [2.24, 2.45) is 0 Å². The normalized spacial score (nSPS) is 15.7. The number of nitrogens with zero attached hydrogens (tertiary/aromatic N) is 1. The Hall–Kier alpha value is -0.410. The number of hydrogen-bond acceptors (Lipinski definition) is 3. The number of rotatable bonds is 4. The molecule has 0 aliphatic carbocycles. The smallest absolute Gasteiger partial charge is 0.0971 e. The molecule has 0 aromatic carbocycles. The number of thiazole rings is 1. The molecule has 1 N–H and O–H groups in total. The first-order chi connectivity index (χ1) is 6.19. The van der Waals surface area contributed by atoms with E-state index in [1.54, 1.807) is 11.3 Å². The van der Waals surface area contributed by atoms with Gasteiger partial charge in [0.1, 0.15) is 0 Å². The molecular formula is C10H18N2S. The molecule has 74 valence electrons. The standard InChI is InChI=1S/C10H18N2S/c1-5-9-6-13-10(12-9)7(2)8(3)11-4/h6-8,11H,5H2,1-4H3. The van der Waals surface area contributed by atoms with Gasteiger partial charge in [-0.1, -0.05) is 13.8 Å². The molecule has 2 unspecified atom stereocenters. The van der Waals surface area contributed by atoms with Crippen LogP contribution in [-0.4, -0.2) is 18.1 Å². The third-order valence-electron chi connectivity index (χ3n) is 2.53. The second kappa shape index (κ2) is 4.72. The fourth-order valence-electron chi connectivity index (χ4n) is 1.16. The lowest BCUT2D eigenvalue weighted by molar-refractivity contribution is 0.521. The molecule has 13 heavy (non-hydrogen) atoms. The van der Waals surface area contributed by atoms with Crippen LogP contribution < -0.4 is 5.32 Å². The van der Waals surface area contributed by atoms with Crippen LogP contribution in [-0.2, 0) is 6.42 Å². The van der Waals surface area contributed by atoms with Gasteiger partial charge in [-0.2, -0.15) is 0 Å². The predicted octanol–water partition coefficient (Wildman–Crippen LogP) is 2.42. The minimum absolute atomic E-state index is 0.496. The molecule has 2 nitrogen and oxygen atoms in total. The molecule has 0 bridgehead atoms. The molecule has 1 heterocycles. The molecule has 0 spiro atoms. The minimum atomic E-state index is 0.496. The summed E-state index contributed by atoms with van der Waals surface area (Å²) in [7, 11) is 2.00. The Kier molecular flexibility index (Phi) is 3.88. The van der Waals surface area contributed by atoms with E-state index in [4.69, 9.17) is 0 Å². The minimum Gasteiger partial charge on any atom is -0.317 e. The van der Waals surface area contributed by atoms with Gasteiger partial charge in [0.05, 0.1) is 10.7 Å². The number of hydrogen-bond donors (Lipinski definition) is 1. The number of aromatic nitrogens is 1. The summed E-state index contributed by atoms with van der Waals surface area (Å²) in [6.45, 7) is 6.56. The monoisotopic (exact) mass is 198 g/mol. The van der Waals surface area contributed by atoms with Gasteiger partial charge in [-0.05, 0) is 20.4 Å². The van der Waals surface area contributed by atoms with Crippen molar-refractivity contribution in [1.82, 2.24) is 10.3 Å². The molecule has 3 heteroatoms. The summed E-state index contributed by atoms with van der Waals surface area (Å²) in [5, 5.41) is 6.67. The first-order valence-corrected chi connectivity index (χ1v) is 5.68. The summed E-state index contributed by atoms with van der Waals surface area (Å²) < 4.78 is 0. The molecule has 0 aliphatic rings. The molecule has 0 fully saturated rings. The summed E-state index contributed by atoms with van der Waals surface area (Å²) in [6, 6.07) is 0.496. The van der Waals surface area contributed by atoms with Crippen molar-refractivity contribution in [2.75, 3.05) is 7.05 Å². The van der Waals surface area contributed by atoms with Crippen LogP contribution in [0.1, 0.15) is 37.4 Å². The zero-order chi connectivity index (χ0) is 9.84. The molecule has 2 atom stereocenters. The predicted molar refractivity (Wildman–Crippen MR) is 58.4 cm³/mol. The van der Waals surface area contributed by atoms with E-state index in [2.05, 4.69) is 36.5 Å². The first-order valence-electron chi connectivity index (χ1n) is 4.80. The Labute approximate surface area is 84.4 Å². The fraction of sp³-hybridized carbons (Fsp3) is 0.700. The van der Waals surface area contributed by atoms with Crippen LogP contribution in [0.2, 0.25) is 0 Å². The molecule has 0 saturated carbocycles. The van der Waals surface area contributed by atoms with Gasteiger partial charge in [0.25, 0.3) is 0 Å². The molecule has 1 rings (SSSR count). The van der Waals surface area contributed by atoms with Crippen LogP contribution in [0, 0.1) is 0 Å². The zero-order valence-electron chi connectivity index (χ0n) is 8.79. The maximum Gasteiger partial charge on any atom is 0.0971 e. The topological polar surface area (TPSA) is 24.9 Å². The van der Waals surface area contributed by atoms with Crippen LogP contribution in [0.25, 0.3) is 0 Å². The number of aryl methyl sites for hydroxylation is 1. The lowest BCUT2D eigenvalue weighted by Gasteiger charge is -2.16. The van der Waals surface area contributed by atoms with E-state index in [0.717, 1.165) is 6.42 Å². The van der Waals surface area contributed by atoms with Crippen molar-refractivity contribution in [3.05, 3.63) is 16.1 Å². The highest BCUT2D eigenvalue weighted by atomic mass is 32.1. The first kappa shape index (κ1) is 10.7. The van der Waals surface area contributed by atoms with E-state index in [1.807, 2.05) is 7.05 Å². The Morgan fingerprint density at radius 2 is 2.23 bits per heavy atom. The molecule has 0 saturated heterocycles. The lowest BCUT2D eigenvalue weighted by atomic mass is 10.1. The number of nitrogens with one attached hydrogen (secondary N) is 1. The molecular weight excluding hydrogens is 180 g/mol. The highest BCUT2D eigenvalue weighted by Crippen LogP contribution is 2.22. The summed E-state index contributed by atoms with van der Waals surface area (Å²) in [5.41, 5.74) is 1.22. The Morgan fingerprint density at radius 3 is 2.69 bits per heavy atom. The van der Waals surface area contributed by atoms with Gasteiger partial charge in [-0.25, -0.2) is 4.98 Å². The van der Waals surface area contributed by atoms with Crippen LogP contribution in [0.4, 0.5) is 0 Å². The maximum atomic E-state index is 4.58. The average Bonchev–Trinajstić information content (AvgIpc) is 2.63. The van der Waals surface area contributed by atoms with Gasteiger partial charge in [0, 0.05) is 17.3 Å². The molecule has 1 aromatic heterocycles. The van der Waals surface area contributed by atoms with Crippen molar-refractivity contribution in [2.45, 2.75) is 39.2 Å². The van der Waals surface area contributed by atoms with E-state index in [1.165, 1.54) is 10.7 Å². The Morgan fingerprint density at radius 1 is 1.54 bits per heavy atom. The van der Waals surface area contributed by atoms with Crippen LogP contribution in [0.5, 0.6) is 0 Å².